The minimum Gasteiger partial charge on any atom is -0.507 e. The lowest BCUT2D eigenvalue weighted by atomic mass is 9.68. The van der Waals surface area contributed by atoms with Crippen LogP contribution in [-0.4, -0.2) is 15.3 Å². The van der Waals surface area contributed by atoms with E-state index in [1.165, 1.54) is 66.8 Å². The SMILES string of the molecule is CCCCc1c(CCCC)c(C(C)CCC)c(CCCC)c(O)c1C(C)CC(c1c(O)c(CCCC)c(C(C)CCC)c(CCCC)c1CCCC)c1c(O)c(CCCC)c(C(C)CCC)c(CCCC)c1CCCC. The van der Waals surface area contributed by atoms with E-state index in [-0.39, 0.29) is 11.8 Å². The molecule has 0 fully saturated rings. The fourth-order valence-electron chi connectivity index (χ4n) is 14.1. The van der Waals surface area contributed by atoms with E-state index >= 15 is 0 Å². The van der Waals surface area contributed by atoms with E-state index in [1.54, 1.807) is 5.56 Å². The lowest BCUT2D eigenvalue weighted by Gasteiger charge is -2.36. The molecule has 3 heteroatoms. The number of phenols is 3. The van der Waals surface area contributed by atoms with Crippen molar-refractivity contribution < 1.29 is 15.3 Å². The van der Waals surface area contributed by atoms with Crippen molar-refractivity contribution in [3.63, 3.8) is 0 Å². The lowest BCUT2D eigenvalue weighted by molar-refractivity contribution is 0.425. The minimum absolute atomic E-state index is 0.0289. The fourth-order valence-corrected chi connectivity index (χ4v) is 14.1. The van der Waals surface area contributed by atoms with E-state index in [0.29, 0.717) is 35.0 Å². The first-order valence-electron chi connectivity index (χ1n) is 33.4. The number of benzene rings is 3. The molecule has 0 bridgehead atoms. The maximum Gasteiger partial charge on any atom is 0.123 e. The van der Waals surface area contributed by atoms with Crippen molar-refractivity contribution >= 4 is 0 Å². The molecule has 3 rings (SSSR count). The molecule has 3 aromatic carbocycles. The van der Waals surface area contributed by atoms with Gasteiger partial charge in [-0.2, -0.15) is 0 Å². The molecule has 0 aliphatic rings. The summed E-state index contributed by atoms with van der Waals surface area (Å²) in [6.45, 7) is 37.7. The number of hydrogen-bond acceptors (Lipinski definition) is 3. The Morgan fingerprint density at radius 1 is 0.237 bits per heavy atom. The average molecular weight is 1050 g/mol. The molecular weight excluding hydrogens is 925 g/mol. The largest absolute Gasteiger partial charge is 0.507 e. The third-order valence-electron chi connectivity index (χ3n) is 18.1. The van der Waals surface area contributed by atoms with Crippen LogP contribution in [0, 0.1) is 0 Å². The maximum atomic E-state index is 14.0. The molecule has 0 radical (unpaired) electrons. The third kappa shape index (κ3) is 17.3. The highest BCUT2D eigenvalue weighted by molar-refractivity contribution is 5.66. The lowest BCUT2D eigenvalue weighted by Crippen LogP contribution is -2.21. The summed E-state index contributed by atoms with van der Waals surface area (Å²) in [4.78, 5) is 0. The number of rotatable bonds is 41. The van der Waals surface area contributed by atoms with Gasteiger partial charge in [0.1, 0.15) is 17.2 Å². The average Bonchev–Trinajstić information content (AvgIpc) is 3.40. The second kappa shape index (κ2) is 36.3. The predicted octanol–water partition coefficient (Wildman–Crippen LogP) is 22.9. The quantitative estimate of drug-likeness (QED) is 0.0531. The topological polar surface area (TPSA) is 60.7 Å². The number of unbranched alkanes of at least 4 members (excludes halogenated alkanes) is 9. The summed E-state index contributed by atoms with van der Waals surface area (Å²) in [5.41, 5.74) is 20.3. The molecule has 3 nitrogen and oxygen atoms in total. The summed E-state index contributed by atoms with van der Waals surface area (Å²) >= 11 is 0. The fraction of sp³-hybridized carbons (Fsp3) is 0.753. The van der Waals surface area contributed by atoms with Gasteiger partial charge in [-0.3, -0.25) is 0 Å². The molecule has 76 heavy (non-hydrogen) atoms. The zero-order valence-electron chi connectivity index (χ0n) is 53.3. The Morgan fingerprint density at radius 3 is 0.658 bits per heavy atom. The minimum atomic E-state index is -0.253. The summed E-state index contributed by atoms with van der Waals surface area (Å²) in [6, 6.07) is 0. The number of aromatic hydroxyl groups is 3. The van der Waals surface area contributed by atoms with Gasteiger partial charge < -0.3 is 15.3 Å². The van der Waals surface area contributed by atoms with Gasteiger partial charge in [0.15, 0.2) is 0 Å². The van der Waals surface area contributed by atoms with E-state index < -0.39 is 0 Å². The molecule has 4 atom stereocenters. The van der Waals surface area contributed by atoms with Gasteiger partial charge in [-0.15, -0.1) is 0 Å². The molecule has 0 aliphatic heterocycles. The molecule has 0 aliphatic carbocycles. The molecule has 0 heterocycles. The molecule has 434 valence electrons. The van der Waals surface area contributed by atoms with E-state index in [1.807, 2.05) is 0 Å². The Kier molecular flexibility index (Phi) is 32.2. The highest BCUT2D eigenvalue weighted by atomic mass is 16.3. The van der Waals surface area contributed by atoms with Crippen molar-refractivity contribution in [1.29, 1.82) is 0 Å². The summed E-state index contributed by atoms with van der Waals surface area (Å²) < 4.78 is 0. The van der Waals surface area contributed by atoms with Crippen LogP contribution in [0.2, 0.25) is 0 Å². The van der Waals surface area contributed by atoms with Crippen molar-refractivity contribution in [3.05, 3.63) is 83.5 Å². The summed E-state index contributed by atoms with van der Waals surface area (Å²) in [5, 5.41) is 41.4. The molecule has 0 aromatic heterocycles. The van der Waals surface area contributed by atoms with Gasteiger partial charge in [-0.05, 0) is 232 Å². The van der Waals surface area contributed by atoms with Crippen molar-refractivity contribution in [2.45, 2.75) is 359 Å². The molecule has 0 amide bonds. The second-order valence-electron chi connectivity index (χ2n) is 24.5. The third-order valence-corrected chi connectivity index (χ3v) is 18.1. The van der Waals surface area contributed by atoms with Gasteiger partial charge in [0.2, 0.25) is 0 Å². The standard InChI is InChI=1S/C73H124O3/c1-17-29-41-55-58(44-32-20-4)68(71(74)61(47-35-23-7)65(55)51(13)38-26-10)54(16)50-64(69-59(45-33-21-5)56(42-30-18-2)66(52(14)39-27-11)62(72(69)75)48-36-24-8)70-60(46-34-22-6)57(43-31-19-3)67(53(15)40-28-12)63(73(70)76)49-37-25-9/h51-54,64,74-76H,17-50H2,1-16H3. The maximum absolute atomic E-state index is 14.0. The van der Waals surface area contributed by atoms with Crippen molar-refractivity contribution in [2.75, 3.05) is 0 Å². The Bertz CT molecular complexity index is 2020. The van der Waals surface area contributed by atoms with Gasteiger partial charge in [-0.1, -0.05) is 188 Å². The van der Waals surface area contributed by atoms with Crippen LogP contribution >= 0.6 is 0 Å². The zero-order valence-corrected chi connectivity index (χ0v) is 53.3. The van der Waals surface area contributed by atoms with Crippen LogP contribution < -0.4 is 0 Å². The van der Waals surface area contributed by atoms with Crippen LogP contribution in [0.3, 0.4) is 0 Å². The highest BCUT2D eigenvalue weighted by Gasteiger charge is 2.38. The van der Waals surface area contributed by atoms with E-state index in [0.717, 1.165) is 229 Å². The van der Waals surface area contributed by atoms with Crippen molar-refractivity contribution in [2.24, 2.45) is 0 Å². The number of hydrogen-bond donors (Lipinski definition) is 3. The van der Waals surface area contributed by atoms with Crippen molar-refractivity contribution in [1.82, 2.24) is 0 Å². The van der Waals surface area contributed by atoms with Gasteiger partial charge in [0, 0.05) is 22.6 Å². The molecule has 3 aromatic rings. The van der Waals surface area contributed by atoms with Crippen LogP contribution in [0.15, 0.2) is 0 Å². The Morgan fingerprint density at radius 2 is 0.434 bits per heavy atom. The van der Waals surface area contributed by atoms with Gasteiger partial charge in [-0.25, -0.2) is 0 Å². The Labute approximate surface area is 472 Å². The number of phenolic OH excluding ortho intramolecular Hbond substituents is 3. The molecule has 0 spiro atoms. The Balaban J connectivity index is 2.98. The molecule has 4 unspecified atom stereocenters. The first-order valence-corrected chi connectivity index (χ1v) is 33.4. The van der Waals surface area contributed by atoms with Crippen LogP contribution in [0.25, 0.3) is 0 Å². The van der Waals surface area contributed by atoms with E-state index in [2.05, 4.69) is 111 Å². The normalized spacial score (nSPS) is 13.9. The summed E-state index contributed by atoms with van der Waals surface area (Å²) in [7, 11) is 0. The molecule has 3 N–H and O–H groups in total. The first-order chi connectivity index (χ1) is 36.7. The Hall–Kier alpha value is -2.94. The van der Waals surface area contributed by atoms with Crippen LogP contribution in [0.1, 0.15) is 384 Å². The highest BCUT2D eigenvalue weighted by Crippen LogP contribution is 2.55. The second-order valence-corrected chi connectivity index (χ2v) is 24.5. The monoisotopic (exact) mass is 1050 g/mol. The van der Waals surface area contributed by atoms with E-state index in [4.69, 9.17) is 0 Å². The van der Waals surface area contributed by atoms with Crippen LogP contribution in [0.5, 0.6) is 17.2 Å². The first kappa shape index (κ1) is 67.3. The summed E-state index contributed by atoms with van der Waals surface area (Å²) in [5.74, 6) is 2.45. The summed E-state index contributed by atoms with van der Waals surface area (Å²) in [6.07, 6.45) is 35.8. The van der Waals surface area contributed by atoms with Crippen molar-refractivity contribution in [3.8, 4) is 17.2 Å². The van der Waals surface area contributed by atoms with Gasteiger partial charge >= 0.3 is 0 Å². The smallest absolute Gasteiger partial charge is 0.123 e. The zero-order chi connectivity index (χ0) is 56.3. The van der Waals surface area contributed by atoms with Gasteiger partial charge in [0.25, 0.3) is 0 Å². The predicted molar refractivity (Wildman–Crippen MR) is 337 cm³/mol. The molecule has 0 saturated carbocycles. The molecular formula is C73H124O3. The molecule has 0 saturated heterocycles. The van der Waals surface area contributed by atoms with Gasteiger partial charge in [0.05, 0.1) is 0 Å². The van der Waals surface area contributed by atoms with E-state index in [9.17, 15) is 15.3 Å². The van der Waals surface area contributed by atoms with Crippen LogP contribution in [0.4, 0.5) is 0 Å². The van der Waals surface area contributed by atoms with Crippen LogP contribution in [-0.2, 0) is 57.8 Å².